The number of nitrogens with one attached hydrogen (secondary N) is 1. The maximum atomic E-state index is 12.7. The zero-order chi connectivity index (χ0) is 22.0. The Balaban J connectivity index is 2.77. The molecule has 1 aromatic rings. The molecule has 0 aliphatic carbocycles. The normalized spacial score (nSPS) is 11.5. The summed E-state index contributed by atoms with van der Waals surface area (Å²) in [6.07, 6.45) is -3.67. The molecule has 9 nitrogen and oxygen atoms in total. The van der Waals surface area contributed by atoms with Gasteiger partial charge in [-0.25, -0.2) is 0 Å². The Morgan fingerprint density at radius 3 is 2.31 bits per heavy atom. The number of halogens is 3. The molecule has 0 bridgehead atoms. The average molecular weight is 419 g/mol. The van der Waals surface area contributed by atoms with Crippen molar-refractivity contribution in [3.8, 4) is 0 Å². The van der Waals surface area contributed by atoms with E-state index in [0.29, 0.717) is 6.07 Å². The SMILES string of the molecule is CCOC(=O)C(C=NCCNc1ccc(C(F)(F)F)cc1[N+](=O)[O-])C(=O)OCC. The summed E-state index contributed by atoms with van der Waals surface area (Å²) in [6, 6.07) is 2.10. The van der Waals surface area contributed by atoms with Crippen molar-refractivity contribution in [1.82, 2.24) is 0 Å². The molecule has 0 radical (unpaired) electrons. The standard InChI is InChI=1S/C17H20F3N3O6/c1-3-28-15(24)12(16(25)29-4-2)10-21-7-8-22-13-6-5-11(17(18,19)20)9-14(13)23(26)27/h5-6,9-10,12,22H,3-4,7-8H2,1-2H3. The summed E-state index contributed by atoms with van der Waals surface area (Å²) < 4.78 is 47.6. The molecule has 160 valence electrons. The van der Waals surface area contributed by atoms with E-state index in [9.17, 15) is 32.9 Å². The fourth-order valence-electron chi connectivity index (χ4n) is 2.13. The Morgan fingerprint density at radius 2 is 1.83 bits per heavy atom. The molecule has 0 aromatic heterocycles. The highest BCUT2D eigenvalue weighted by molar-refractivity contribution is 6.09. The topological polar surface area (TPSA) is 120 Å². The van der Waals surface area contributed by atoms with Gasteiger partial charge in [-0.3, -0.25) is 24.7 Å². The van der Waals surface area contributed by atoms with Crippen LogP contribution in [0.3, 0.4) is 0 Å². The van der Waals surface area contributed by atoms with Crippen LogP contribution in [0.5, 0.6) is 0 Å². The van der Waals surface area contributed by atoms with E-state index >= 15 is 0 Å². The van der Waals surface area contributed by atoms with Gasteiger partial charge in [-0.05, 0) is 26.0 Å². The number of carbonyl (C=O) groups excluding carboxylic acids is 2. The van der Waals surface area contributed by atoms with Gasteiger partial charge in [-0.1, -0.05) is 0 Å². The number of alkyl halides is 3. The lowest BCUT2D eigenvalue weighted by Crippen LogP contribution is -2.29. The number of nitro benzene ring substituents is 1. The summed E-state index contributed by atoms with van der Waals surface area (Å²) >= 11 is 0. The Morgan fingerprint density at radius 1 is 1.24 bits per heavy atom. The molecule has 0 unspecified atom stereocenters. The first kappa shape index (κ1) is 23.9. The van der Waals surface area contributed by atoms with Crippen LogP contribution in [0.25, 0.3) is 0 Å². The van der Waals surface area contributed by atoms with Crippen molar-refractivity contribution in [2.75, 3.05) is 31.6 Å². The number of ether oxygens (including phenoxy) is 2. The van der Waals surface area contributed by atoms with E-state index in [0.717, 1.165) is 18.3 Å². The molecule has 1 N–H and O–H groups in total. The summed E-state index contributed by atoms with van der Waals surface area (Å²) in [4.78, 5) is 37.5. The fraction of sp³-hybridized carbons (Fsp3) is 0.471. The average Bonchev–Trinajstić information content (AvgIpc) is 2.63. The van der Waals surface area contributed by atoms with E-state index in [1.165, 1.54) is 0 Å². The van der Waals surface area contributed by atoms with Gasteiger partial charge in [0.15, 0.2) is 5.92 Å². The van der Waals surface area contributed by atoms with Gasteiger partial charge in [0, 0.05) is 18.8 Å². The molecule has 12 heteroatoms. The largest absolute Gasteiger partial charge is 0.465 e. The van der Waals surface area contributed by atoms with Gasteiger partial charge in [-0.15, -0.1) is 0 Å². The fourth-order valence-corrected chi connectivity index (χ4v) is 2.13. The summed E-state index contributed by atoms with van der Waals surface area (Å²) in [5.41, 5.74) is -2.00. The van der Waals surface area contributed by atoms with Gasteiger partial charge < -0.3 is 14.8 Å². The molecular weight excluding hydrogens is 399 g/mol. The van der Waals surface area contributed by atoms with Crippen LogP contribution in [0.1, 0.15) is 19.4 Å². The summed E-state index contributed by atoms with van der Waals surface area (Å²) in [6.45, 7) is 3.23. The predicted octanol–water partition coefficient (Wildman–Crippen LogP) is 2.84. The van der Waals surface area contributed by atoms with Crippen molar-refractivity contribution in [3.05, 3.63) is 33.9 Å². The third-order valence-corrected chi connectivity index (χ3v) is 3.41. The molecule has 1 aromatic carbocycles. The molecule has 0 heterocycles. The lowest BCUT2D eigenvalue weighted by Gasteiger charge is -2.11. The number of nitro groups is 1. The molecule has 0 fully saturated rings. The number of hydrogen-bond donors (Lipinski definition) is 1. The number of aliphatic imine (C=N–C) groups is 1. The minimum Gasteiger partial charge on any atom is -0.465 e. The van der Waals surface area contributed by atoms with Crippen LogP contribution in [0, 0.1) is 16.0 Å². The van der Waals surface area contributed by atoms with Crippen LogP contribution in [0.2, 0.25) is 0 Å². The van der Waals surface area contributed by atoms with Crippen LogP contribution < -0.4 is 5.32 Å². The van der Waals surface area contributed by atoms with Gasteiger partial charge >= 0.3 is 18.1 Å². The number of nitrogens with zero attached hydrogens (tertiary/aromatic N) is 2. The lowest BCUT2D eigenvalue weighted by atomic mass is 10.1. The first-order chi connectivity index (χ1) is 13.6. The summed E-state index contributed by atoms with van der Waals surface area (Å²) in [5.74, 6) is -3.02. The van der Waals surface area contributed by atoms with Gasteiger partial charge in [0.05, 0.1) is 30.2 Å². The number of benzene rings is 1. The monoisotopic (exact) mass is 419 g/mol. The Kier molecular flexibility index (Phi) is 9.03. The molecule has 0 saturated carbocycles. The zero-order valence-electron chi connectivity index (χ0n) is 15.7. The molecule has 0 spiro atoms. The first-order valence-electron chi connectivity index (χ1n) is 8.54. The van der Waals surface area contributed by atoms with Gasteiger partial charge in [-0.2, -0.15) is 13.2 Å². The van der Waals surface area contributed by atoms with E-state index in [4.69, 9.17) is 9.47 Å². The Hall–Kier alpha value is -3.18. The zero-order valence-corrected chi connectivity index (χ0v) is 15.7. The quantitative estimate of drug-likeness (QED) is 0.155. The Bertz CT molecular complexity index is 749. The maximum Gasteiger partial charge on any atom is 0.416 e. The third-order valence-electron chi connectivity index (χ3n) is 3.41. The second-order valence-electron chi connectivity index (χ2n) is 5.45. The van der Waals surface area contributed by atoms with E-state index < -0.39 is 40.2 Å². The highest BCUT2D eigenvalue weighted by Gasteiger charge is 2.33. The van der Waals surface area contributed by atoms with Crippen LogP contribution in [-0.2, 0) is 25.2 Å². The van der Waals surface area contributed by atoms with Crippen molar-refractivity contribution >= 4 is 29.5 Å². The predicted molar refractivity (Wildman–Crippen MR) is 96.7 cm³/mol. The van der Waals surface area contributed by atoms with Crippen LogP contribution in [0.15, 0.2) is 23.2 Å². The second kappa shape index (κ2) is 11.0. The number of carbonyl (C=O) groups is 2. The van der Waals surface area contributed by atoms with Crippen molar-refractivity contribution in [2.45, 2.75) is 20.0 Å². The molecule has 29 heavy (non-hydrogen) atoms. The molecule has 0 aliphatic heterocycles. The van der Waals surface area contributed by atoms with E-state index in [1.807, 2.05) is 0 Å². The maximum absolute atomic E-state index is 12.7. The first-order valence-corrected chi connectivity index (χ1v) is 8.54. The molecule has 0 atom stereocenters. The lowest BCUT2D eigenvalue weighted by molar-refractivity contribution is -0.384. The molecular formula is C17H20F3N3O6. The number of anilines is 1. The molecule has 0 amide bonds. The molecule has 0 saturated heterocycles. The van der Waals surface area contributed by atoms with Crippen LogP contribution >= 0.6 is 0 Å². The highest BCUT2D eigenvalue weighted by atomic mass is 19.4. The van der Waals surface area contributed by atoms with Gasteiger partial charge in [0.25, 0.3) is 5.69 Å². The minimum absolute atomic E-state index is 0.00107. The number of esters is 2. The van der Waals surface area contributed by atoms with Crippen LogP contribution in [0.4, 0.5) is 24.5 Å². The van der Waals surface area contributed by atoms with Crippen molar-refractivity contribution in [3.63, 3.8) is 0 Å². The minimum atomic E-state index is -4.71. The summed E-state index contributed by atoms with van der Waals surface area (Å²) in [7, 11) is 0. The van der Waals surface area contributed by atoms with E-state index in [2.05, 4.69) is 10.3 Å². The van der Waals surface area contributed by atoms with Crippen molar-refractivity contribution in [2.24, 2.45) is 10.9 Å². The number of hydrogen-bond acceptors (Lipinski definition) is 8. The molecule has 1 rings (SSSR count). The van der Waals surface area contributed by atoms with Crippen molar-refractivity contribution in [1.29, 1.82) is 0 Å². The smallest absolute Gasteiger partial charge is 0.416 e. The highest BCUT2D eigenvalue weighted by Crippen LogP contribution is 2.34. The van der Waals surface area contributed by atoms with Crippen molar-refractivity contribution < 1.29 is 37.2 Å². The third kappa shape index (κ3) is 7.39. The second-order valence-corrected chi connectivity index (χ2v) is 5.45. The van der Waals surface area contributed by atoms with Gasteiger partial charge in [0.1, 0.15) is 5.69 Å². The summed E-state index contributed by atoms with van der Waals surface area (Å²) in [5, 5.41) is 13.6. The Labute approximate surface area is 164 Å². The van der Waals surface area contributed by atoms with Crippen LogP contribution in [-0.4, -0.2) is 49.4 Å². The van der Waals surface area contributed by atoms with Gasteiger partial charge in [0.2, 0.25) is 0 Å². The number of rotatable bonds is 10. The van der Waals surface area contributed by atoms with E-state index in [1.54, 1.807) is 13.8 Å². The van der Waals surface area contributed by atoms with E-state index in [-0.39, 0.29) is 32.0 Å². The molecule has 0 aliphatic rings.